The normalized spacial score (nSPS) is 28.8. The van der Waals surface area contributed by atoms with Crippen LogP contribution < -0.4 is 0 Å². The summed E-state index contributed by atoms with van der Waals surface area (Å²) in [5.41, 5.74) is 0. The summed E-state index contributed by atoms with van der Waals surface area (Å²) in [6.45, 7) is 5.46. The van der Waals surface area contributed by atoms with Gasteiger partial charge in [0, 0.05) is 30.1 Å². The van der Waals surface area contributed by atoms with Gasteiger partial charge in [-0.2, -0.15) is 11.8 Å². The number of hydrogen-bond acceptors (Lipinski definition) is 3. The van der Waals surface area contributed by atoms with Crippen LogP contribution in [0.1, 0.15) is 33.1 Å². The van der Waals surface area contributed by atoms with Crippen molar-refractivity contribution in [1.82, 2.24) is 9.80 Å². The number of amides is 1. The zero-order chi connectivity index (χ0) is 14.0. The van der Waals surface area contributed by atoms with E-state index in [4.69, 9.17) is 0 Å². The van der Waals surface area contributed by atoms with E-state index >= 15 is 0 Å². The van der Waals surface area contributed by atoms with E-state index in [0.29, 0.717) is 28.0 Å². The van der Waals surface area contributed by atoms with Gasteiger partial charge in [-0.15, -0.1) is 0 Å². The number of likely N-dealkylation sites (N-methyl/N-ethyl adjacent to an activating group) is 1. The third-order valence-electron chi connectivity index (χ3n) is 4.30. The molecule has 0 aromatic carbocycles. The van der Waals surface area contributed by atoms with E-state index in [1.807, 2.05) is 11.8 Å². The number of thioether (sulfide) groups is 1. The van der Waals surface area contributed by atoms with E-state index in [0.717, 1.165) is 24.5 Å². The molecule has 0 aromatic heterocycles. The number of rotatable bonds is 4. The average Bonchev–Trinajstić information content (AvgIpc) is 2.26. The fourth-order valence-corrected chi connectivity index (χ4v) is 4.58. The van der Waals surface area contributed by atoms with Crippen LogP contribution in [0.3, 0.4) is 0 Å². The van der Waals surface area contributed by atoms with Crippen LogP contribution in [0.5, 0.6) is 0 Å². The average molecular weight is 396 g/mol. The minimum absolute atomic E-state index is 0.298. The molecule has 1 amide bonds. The quantitative estimate of drug-likeness (QED) is 0.415. The molecule has 2 unspecified atom stereocenters. The summed E-state index contributed by atoms with van der Waals surface area (Å²) in [5, 5.41) is 0. The number of carbonyl (C=O) groups excluding carboxylic acids is 1. The van der Waals surface area contributed by atoms with E-state index in [9.17, 15) is 4.79 Å². The van der Waals surface area contributed by atoms with E-state index in [1.165, 1.54) is 12.8 Å². The van der Waals surface area contributed by atoms with Gasteiger partial charge < -0.3 is 9.80 Å². The molecule has 5 heteroatoms. The molecule has 0 saturated carbocycles. The number of nitrogens with zero attached hydrogens (tertiary/aromatic N) is 2. The SMILES string of the molecule is CC(C)N(C)CC1CCCC(I)N1C(=O)C1CSC1. The first kappa shape index (κ1) is 15.9. The van der Waals surface area contributed by atoms with Gasteiger partial charge in [0.25, 0.3) is 0 Å². The first-order chi connectivity index (χ1) is 9.00. The Hall–Kier alpha value is 0.510. The molecule has 3 nitrogen and oxygen atoms in total. The molecule has 0 radical (unpaired) electrons. The van der Waals surface area contributed by atoms with Gasteiger partial charge in [-0.3, -0.25) is 4.79 Å². The highest BCUT2D eigenvalue weighted by atomic mass is 127. The van der Waals surface area contributed by atoms with Gasteiger partial charge in [0.05, 0.1) is 9.97 Å². The fraction of sp³-hybridized carbons (Fsp3) is 0.929. The molecule has 0 spiro atoms. The summed E-state index contributed by atoms with van der Waals surface area (Å²) >= 11 is 4.37. The molecule has 0 N–H and O–H groups in total. The lowest BCUT2D eigenvalue weighted by atomic mass is 9.99. The van der Waals surface area contributed by atoms with E-state index in [2.05, 4.69) is 53.3 Å². The number of carbonyl (C=O) groups is 1. The van der Waals surface area contributed by atoms with Crippen LogP contribution in [0.25, 0.3) is 0 Å². The number of alkyl halides is 1. The smallest absolute Gasteiger partial charge is 0.228 e. The summed E-state index contributed by atoms with van der Waals surface area (Å²) in [6.07, 6.45) is 3.59. The topological polar surface area (TPSA) is 23.6 Å². The summed E-state index contributed by atoms with van der Waals surface area (Å²) < 4.78 is 0.398. The molecule has 0 bridgehead atoms. The molecule has 2 atom stereocenters. The highest BCUT2D eigenvalue weighted by molar-refractivity contribution is 14.1. The monoisotopic (exact) mass is 396 g/mol. The molecular formula is C14H25IN2OS. The Bertz CT molecular complexity index is 323. The van der Waals surface area contributed by atoms with Gasteiger partial charge in [-0.1, -0.05) is 22.6 Å². The third kappa shape index (κ3) is 3.79. The zero-order valence-corrected chi connectivity index (χ0v) is 15.1. The first-order valence-corrected chi connectivity index (χ1v) is 9.65. The maximum absolute atomic E-state index is 12.6. The summed E-state index contributed by atoms with van der Waals surface area (Å²) in [6, 6.07) is 0.965. The Labute approximate surface area is 135 Å². The van der Waals surface area contributed by atoms with Gasteiger partial charge >= 0.3 is 0 Å². The van der Waals surface area contributed by atoms with Crippen molar-refractivity contribution in [1.29, 1.82) is 0 Å². The van der Waals surface area contributed by atoms with Gasteiger partial charge in [0.2, 0.25) is 5.91 Å². The lowest BCUT2D eigenvalue weighted by Gasteiger charge is -2.44. The zero-order valence-electron chi connectivity index (χ0n) is 12.1. The molecular weight excluding hydrogens is 371 g/mol. The van der Waals surface area contributed by atoms with Gasteiger partial charge in [0.15, 0.2) is 0 Å². The van der Waals surface area contributed by atoms with Crippen LogP contribution in [-0.2, 0) is 4.79 Å². The van der Waals surface area contributed by atoms with Crippen molar-refractivity contribution in [2.75, 3.05) is 25.1 Å². The highest BCUT2D eigenvalue weighted by Crippen LogP contribution is 2.33. The maximum Gasteiger partial charge on any atom is 0.228 e. The molecule has 2 aliphatic rings. The van der Waals surface area contributed by atoms with Crippen molar-refractivity contribution >= 4 is 40.3 Å². The van der Waals surface area contributed by atoms with Crippen molar-refractivity contribution in [3.63, 3.8) is 0 Å². The molecule has 110 valence electrons. The van der Waals surface area contributed by atoms with E-state index in [1.54, 1.807) is 0 Å². The second-order valence-corrected chi connectivity index (χ2v) is 8.55. The van der Waals surface area contributed by atoms with Crippen molar-refractivity contribution in [2.45, 2.75) is 49.2 Å². The van der Waals surface area contributed by atoms with Crippen molar-refractivity contribution < 1.29 is 4.79 Å². The third-order valence-corrected chi connectivity index (χ3v) is 6.80. The van der Waals surface area contributed by atoms with Gasteiger partial charge in [-0.05, 0) is 40.2 Å². The van der Waals surface area contributed by atoms with Crippen LogP contribution >= 0.6 is 34.4 Å². The van der Waals surface area contributed by atoms with Crippen LogP contribution in [0.2, 0.25) is 0 Å². The van der Waals surface area contributed by atoms with E-state index in [-0.39, 0.29) is 0 Å². The predicted molar refractivity (Wildman–Crippen MR) is 90.9 cm³/mol. The summed E-state index contributed by atoms with van der Waals surface area (Å²) in [5.74, 6) is 2.78. The fourth-order valence-electron chi connectivity index (χ4n) is 2.66. The Morgan fingerprint density at radius 3 is 2.63 bits per heavy atom. The lowest BCUT2D eigenvalue weighted by molar-refractivity contribution is -0.139. The number of likely N-dealkylation sites (tertiary alicyclic amines) is 1. The molecule has 19 heavy (non-hydrogen) atoms. The molecule has 0 aliphatic carbocycles. The lowest BCUT2D eigenvalue weighted by Crippen LogP contribution is -2.55. The standard InChI is InChI=1S/C14H25IN2OS/c1-10(2)16(3)7-12-5-4-6-13(15)17(12)14(18)11-8-19-9-11/h10-13H,4-9H2,1-3H3. The summed E-state index contributed by atoms with van der Waals surface area (Å²) in [7, 11) is 2.17. The van der Waals surface area contributed by atoms with Crippen molar-refractivity contribution in [3.8, 4) is 0 Å². The molecule has 2 rings (SSSR count). The first-order valence-electron chi connectivity index (χ1n) is 7.25. The molecule has 2 aliphatic heterocycles. The van der Waals surface area contributed by atoms with Crippen molar-refractivity contribution in [3.05, 3.63) is 0 Å². The minimum atomic E-state index is 0.298. The highest BCUT2D eigenvalue weighted by Gasteiger charge is 2.38. The predicted octanol–water partition coefficient (Wildman–Crippen LogP) is 2.83. The largest absolute Gasteiger partial charge is 0.326 e. The van der Waals surface area contributed by atoms with Crippen molar-refractivity contribution in [2.24, 2.45) is 5.92 Å². The van der Waals surface area contributed by atoms with Crippen LogP contribution in [-0.4, -0.2) is 56.9 Å². The van der Waals surface area contributed by atoms with Gasteiger partial charge in [0.1, 0.15) is 0 Å². The Balaban J connectivity index is 2.02. The number of piperidine rings is 1. The maximum atomic E-state index is 12.6. The Morgan fingerprint density at radius 2 is 2.11 bits per heavy atom. The van der Waals surface area contributed by atoms with E-state index < -0.39 is 0 Å². The van der Waals surface area contributed by atoms with Crippen LogP contribution in [0.4, 0.5) is 0 Å². The van der Waals surface area contributed by atoms with Crippen LogP contribution in [0, 0.1) is 5.92 Å². The Morgan fingerprint density at radius 1 is 1.42 bits per heavy atom. The second kappa shape index (κ2) is 6.98. The number of halogens is 1. The Kier molecular flexibility index (Phi) is 5.84. The molecule has 2 fully saturated rings. The summed E-state index contributed by atoms with van der Waals surface area (Å²) in [4.78, 5) is 17.2. The van der Waals surface area contributed by atoms with Gasteiger partial charge in [-0.25, -0.2) is 0 Å². The molecule has 2 heterocycles. The minimum Gasteiger partial charge on any atom is -0.326 e. The second-order valence-electron chi connectivity index (χ2n) is 6.03. The number of hydrogen-bond donors (Lipinski definition) is 0. The van der Waals surface area contributed by atoms with Crippen LogP contribution in [0.15, 0.2) is 0 Å². The molecule has 0 aromatic rings. The molecule has 2 saturated heterocycles.